The lowest BCUT2D eigenvalue weighted by atomic mass is 10.2. The number of rotatable bonds is 4. The molecule has 1 unspecified atom stereocenters. The molecule has 2 N–H and O–H groups in total. The first kappa shape index (κ1) is 10.5. The molecule has 0 aromatic carbocycles. The maximum Gasteiger partial charge on any atom is 0.0678 e. The van der Waals surface area contributed by atoms with Gasteiger partial charge in [-0.2, -0.15) is 11.8 Å². The van der Waals surface area contributed by atoms with Crippen molar-refractivity contribution >= 4 is 11.8 Å². The Kier molecular flexibility index (Phi) is 3.72. The van der Waals surface area contributed by atoms with Crippen molar-refractivity contribution in [1.82, 2.24) is 4.90 Å². The lowest BCUT2D eigenvalue weighted by molar-refractivity contribution is 0.357. The van der Waals surface area contributed by atoms with Gasteiger partial charge in [0.05, 0.1) is 6.04 Å². The van der Waals surface area contributed by atoms with Crippen LogP contribution >= 0.6 is 11.8 Å². The highest BCUT2D eigenvalue weighted by atomic mass is 32.2. The number of hydrogen-bond acceptors (Lipinski definition) is 3. The molecule has 0 bridgehead atoms. The van der Waals surface area contributed by atoms with Crippen LogP contribution in [0.4, 0.5) is 0 Å². The Morgan fingerprint density at radius 2 is 2.31 bits per heavy atom. The molecule has 74 valence electrons. The number of nitrogens with zero attached hydrogens (tertiary/aromatic N) is 1. The molecule has 13 heavy (non-hydrogen) atoms. The summed E-state index contributed by atoms with van der Waals surface area (Å²) in [5.41, 5.74) is 7.70. The summed E-state index contributed by atoms with van der Waals surface area (Å²) in [6, 6.07) is 0.333. The SMILES string of the molecule is C=C(N)C1CCCN1C(=C)CSC. The Labute approximate surface area is 84.9 Å². The summed E-state index contributed by atoms with van der Waals surface area (Å²) in [5, 5.41) is 0. The third-order valence-corrected chi connectivity index (χ3v) is 3.02. The van der Waals surface area contributed by atoms with Gasteiger partial charge in [-0.1, -0.05) is 13.2 Å². The number of nitrogens with two attached hydrogens (primary N) is 1. The third kappa shape index (κ3) is 2.44. The molecule has 0 aromatic heterocycles. The molecule has 1 fully saturated rings. The zero-order valence-electron chi connectivity index (χ0n) is 8.25. The van der Waals surface area contributed by atoms with Crippen molar-refractivity contribution in [3.63, 3.8) is 0 Å². The van der Waals surface area contributed by atoms with Crippen LogP contribution in [0.2, 0.25) is 0 Å². The zero-order chi connectivity index (χ0) is 9.84. The fourth-order valence-electron chi connectivity index (χ4n) is 1.78. The van der Waals surface area contributed by atoms with Crippen LogP contribution in [0.3, 0.4) is 0 Å². The van der Waals surface area contributed by atoms with Crippen molar-refractivity contribution in [2.24, 2.45) is 5.73 Å². The smallest absolute Gasteiger partial charge is 0.0678 e. The van der Waals surface area contributed by atoms with Gasteiger partial charge >= 0.3 is 0 Å². The lowest BCUT2D eigenvalue weighted by Crippen LogP contribution is -2.33. The molecule has 1 heterocycles. The summed E-state index contributed by atoms with van der Waals surface area (Å²) in [6.07, 6.45) is 4.42. The van der Waals surface area contributed by atoms with Gasteiger partial charge in [0.15, 0.2) is 0 Å². The average molecular weight is 198 g/mol. The largest absolute Gasteiger partial charge is 0.401 e. The van der Waals surface area contributed by atoms with Crippen LogP contribution in [0.25, 0.3) is 0 Å². The Hall–Kier alpha value is -0.570. The van der Waals surface area contributed by atoms with Gasteiger partial charge in [-0.15, -0.1) is 0 Å². The Bertz CT molecular complexity index is 213. The fourth-order valence-corrected chi connectivity index (χ4v) is 2.28. The van der Waals surface area contributed by atoms with Crippen molar-refractivity contribution in [3.05, 3.63) is 24.6 Å². The van der Waals surface area contributed by atoms with Crippen LogP contribution in [0.15, 0.2) is 24.6 Å². The second kappa shape index (κ2) is 4.61. The Morgan fingerprint density at radius 3 is 2.85 bits per heavy atom. The van der Waals surface area contributed by atoms with E-state index in [2.05, 4.69) is 24.3 Å². The lowest BCUT2D eigenvalue weighted by Gasteiger charge is -2.28. The number of hydrogen-bond donors (Lipinski definition) is 1. The highest BCUT2D eigenvalue weighted by molar-refractivity contribution is 7.98. The van der Waals surface area contributed by atoms with E-state index in [1.54, 1.807) is 11.8 Å². The van der Waals surface area contributed by atoms with Crippen LogP contribution in [-0.2, 0) is 0 Å². The topological polar surface area (TPSA) is 29.3 Å². The van der Waals surface area contributed by atoms with E-state index in [9.17, 15) is 0 Å². The molecule has 0 spiro atoms. The monoisotopic (exact) mass is 198 g/mol. The minimum Gasteiger partial charge on any atom is -0.401 e. The van der Waals surface area contributed by atoms with E-state index in [1.165, 1.54) is 12.1 Å². The molecule has 0 aliphatic carbocycles. The molecule has 3 heteroatoms. The van der Waals surface area contributed by atoms with Crippen LogP contribution in [0, 0.1) is 0 Å². The Morgan fingerprint density at radius 1 is 1.62 bits per heavy atom. The van der Waals surface area contributed by atoms with E-state index >= 15 is 0 Å². The van der Waals surface area contributed by atoms with Gasteiger partial charge in [-0.05, 0) is 19.1 Å². The summed E-state index contributed by atoms with van der Waals surface area (Å²) in [5.74, 6) is 0.990. The first-order chi connectivity index (χ1) is 6.16. The highest BCUT2D eigenvalue weighted by Crippen LogP contribution is 2.25. The second-order valence-electron chi connectivity index (χ2n) is 3.43. The summed E-state index contributed by atoms with van der Waals surface area (Å²) in [7, 11) is 0. The molecule has 1 aliphatic rings. The van der Waals surface area contributed by atoms with Gasteiger partial charge in [-0.25, -0.2) is 0 Å². The molecule has 1 rings (SSSR count). The van der Waals surface area contributed by atoms with E-state index in [0.717, 1.165) is 24.4 Å². The fraction of sp³-hybridized carbons (Fsp3) is 0.600. The van der Waals surface area contributed by atoms with E-state index in [4.69, 9.17) is 5.73 Å². The first-order valence-corrected chi connectivity index (χ1v) is 5.94. The van der Waals surface area contributed by atoms with Gasteiger partial charge in [0, 0.05) is 23.7 Å². The predicted molar refractivity (Wildman–Crippen MR) is 60.6 cm³/mol. The maximum atomic E-state index is 5.74. The summed E-state index contributed by atoms with van der Waals surface area (Å²) in [4.78, 5) is 2.29. The van der Waals surface area contributed by atoms with Crippen molar-refractivity contribution in [3.8, 4) is 0 Å². The first-order valence-electron chi connectivity index (χ1n) is 4.54. The number of likely N-dealkylation sites (tertiary alicyclic amines) is 1. The molecular formula is C10H18N2S. The van der Waals surface area contributed by atoms with E-state index < -0.39 is 0 Å². The average Bonchev–Trinajstić information content (AvgIpc) is 2.52. The molecule has 1 aliphatic heterocycles. The van der Waals surface area contributed by atoms with Crippen molar-refractivity contribution in [2.45, 2.75) is 18.9 Å². The standard InChI is InChI=1S/C10H18N2S/c1-8(7-13-3)12-6-4-5-10(12)9(2)11/h10H,1-2,4-7,11H2,3H3. The number of thioether (sulfide) groups is 1. The minimum absolute atomic E-state index is 0.333. The normalized spacial score (nSPS) is 21.9. The van der Waals surface area contributed by atoms with Crippen LogP contribution in [0.1, 0.15) is 12.8 Å². The van der Waals surface area contributed by atoms with Crippen LogP contribution < -0.4 is 5.73 Å². The molecular weight excluding hydrogens is 180 g/mol. The van der Waals surface area contributed by atoms with Crippen molar-refractivity contribution in [1.29, 1.82) is 0 Å². The van der Waals surface area contributed by atoms with E-state index in [1.807, 2.05) is 0 Å². The quantitative estimate of drug-likeness (QED) is 0.747. The molecule has 2 nitrogen and oxygen atoms in total. The predicted octanol–water partition coefficient (Wildman–Crippen LogP) is 1.80. The zero-order valence-corrected chi connectivity index (χ0v) is 9.07. The summed E-state index contributed by atoms with van der Waals surface area (Å²) < 4.78 is 0. The second-order valence-corrected chi connectivity index (χ2v) is 4.29. The van der Waals surface area contributed by atoms with Crippen LogP contribution in [0.5, 0.6) is 0 Å². The molecule has 0 amide bonds. The minimum atomic E-state index is 0.333. The molecule has 0 aromatic rings. The Balaban J connectivity index is 2.57. The molecule has 1 saturated heterocycles. The van der Waals surface area contributed by atoms with Gasteiger partial charge in [0.1, 0.15) is 0 Å². The maximum absolute atomic E-state index is 5.74. The summed E-state index contributed by atoms with van der Waals surface area (Å²) in [6.45, 7) is 8.97. The van der Waals surface area contributed by atoms with Gasteiger partial charge in [0.25, 0.3) is 0 Å². The molecule has 1 atom stereocenters. The van der Waals surface area contributed by atoms with Crippen LogP contribution in [-0.4, -0.2) is 29.5 Å². The van der Waals surface area contributed by atoms with Crippen molar-refractivity contribution < 1.29 is 0 Å². The van der Waals surface area contributed by atoms with E-state index in [0.29, 0.717) is 6.04 Å². The summed E-state index contributed by atoms with van der Waals surface area (Å²) >= 11 is 1.80. The molecule has 0 saturated carbocycles. The van der Waals surface area contributed by atoms with E-state index in [-0.39, 0.29) is 0 Å². The highest BCUT2D eigenvalue weighted by Gasteiger charge is 2.25. The van der Waals surface area contributed by atoms with Gasteiger partial charge in [0.2, 0.25) is 0 Å². The third-order valence-electron chi connectivity index (χ3n) is 2.40. The van der Waals surface area contributed by atoms with Gasteiger partial charge < -0.3 is 10.6 Å². The molecule has 0 radical (unpaired) electrons. The van der Waals surface area contributed by atoms with Gasteiger partial charge in [-0.3, -0.25) is 0 Å². The van der Waals surface area contributed by atoms with Crippen molar-refractivity contribution in [2.75, 3.05) is 18.6 Å².